The van der Waals surface area contributed by atoms with Gasteiger partial charge in [-0.3, -0.25) is 0 Å². The van der Waals surface area contributed by atoms with E-state index in [-0.39, 0.29) is 61.2 Å². The average Bonchev–Trinajstić information content (AvgIpc) is 3.49. The molecule has 0 saturated carbocycles. The third-order valence-electron chi connectivity index (χ3n) is 6.69. The lowest BCUT2D eigenvalue weighted by molar-refractivity contribution is 0.511. The largest absolute Gasteiger partial charge is 0.270 e. The molecule has 3 aromatic rings. The monoisotopic (exact) mass is 579 g/mol. The molecule has 0 saturated heterocycles. The topological polar surface area (TPSA) is 134 Å². The van der Waals surface area contributed by atoms with Gasteiger partial charge in [0.1, 0.15) is 6.07 Å². The van der Waals surface area contributed by atoms with E-state index >= 15 is 0 Å². The minimum absolute atomic E-state index is 0.128. The first kappa shape index (κ1) is 28.2. The summed E-state index contributed by atoms with van der Waals surface area (Å²) in [6.45, 7) is 23.1. The molecule has 13 heteroatoms. The Bertz CT molecular complexity index is 2120. The summed E-state index contributed by atoms with van der Waals surface area (Å²) in [7, 11) is 0. The van der Waals surface area contributed by atoms with Crippen molar-refractivity contribution in [1.82, 2.24) is 9.97 Å². The van der Waals surface area contributed by atoms with Gasteiger partial charge in [-0.15, -0.1) is 0 Å². The summed E-state index contributed by atoms with van der Waals surface area (Å²) in [6.07, 6.45) is 0. The normalized spacial score (nSPS) is 15.0. The van der Waals surface area contributed by atoms with E-state index in [1.807, 2.05) is 12.1 Å². The fraction of sp³-hybridized carbons (Fsp3) is 0. The second kappa shape index (κ2) is 10.6. The van der Waals surface area contributed by atoms with Crippen molar-refractivity contribution in [2.45, 2.75) is 0 Å². The van der Waals surface area contributed by atoms with E-state index in [1.165, 1.54) is 6.07 Å². The SMILES string of the molecule is [C-]#[N+]C1=C(c2cc(F)nc(F)c2)/C(=C(/C#N)[N+]#[C-])c2cc3c(c(C#N)c21)C(C#N)=C(c1cc(F)nc(F)c1)/C3=C(\C#N)[N+]#[C-]. The summed E-state index contributed by atoms with van der Waals surface area (Å²) in [5.74, 6) is -5.14. The standard InChI is InChI=1S/C31H5F4N9/c1-40-19(11-38)29-15-8-16-28(18(10-37)27(15)17(9-36)25(29)13-4-21(32)43-22(33)5-13)31(42-3)26(30(16)20(12-39)41-2)14-6-23(34)44-24(35)7-14/h4-8H/b29-19+,30-20-. The van der Waals surface area contributed by atoms with Crippen molar-refractivity contribution in [3.8, 4) is 24.3 Å². The van der Waals surface area contributed by atoms with E-state index < -0.39 is 46.4 Å². The predicted molar refractivity (Wildman–Crippen MR) is 144 cm³/mol. The number of rotatable bonds is 2. The van der Waals surface area contributed by atoms with Crippen LogP contribution in [0.25, 0.3) is 48.1 Å². The Morgan fingerprint density at radius 2 is 1.09 bits per heavy atom. The van der Waals surface area contributed by atoms with Gasteiger partial charge >= 0.3 is 0 Å². The molecule has 0 bridgehead atoms. The fourth-order valence-electron chi connectivity index (χ4n) is 5.23. The minimum atomic E-state index is -1.29. The smallest absolute Gasteiger partial charge is 0.237 e. The number of nitrogens with zero attached hydrogens (tertiary/aromatic N) is 9. The van der Waals surface area contributed by atoms with Crippen molar-refractivity contribution in [3.63, 3.8) is 0 Å². The highest BCUT2D eigenvalue weighted by Crippen LogP contribution is 2.56. The number of allylic oxidation sites excluding steroid dienone is 7. The number of fused-ring (bicyclic) bond motifs is 2. The van der Waals surface area contributed by atoms with Crippen LogP contribution in [0.3, 0.4) is 0 Å². The first-order valence-corrected chi connectivity index (χ1v) is 11.8. The molecule has 0 aliphatic heterocycles. The third kappa shape index (κ3) is 4.03. The second-order valence-corrected chi connectivity index (χ2v) is 8.80. The first-order chi connectivity index (χ1) is 21.2. The number of hydrogen-bond acceptors (Lipinski definition) is 6. The highest BCUT2D eigenvalue weighted by atomic mass is 19.1. The lowest BCUT2D eigenvalue weighted by atomic mass is 9.88. The molecule has 44 heavy (non-hydrogen) atoms. The molecule has 2 aliphatic rings. The second-order valence-electron chi connectivity index (χ2n) is 8.80. The van der Waals surface area contributed by atoms with Crippen LogP contribution in [-0.4, -0.2) is 9.97 Å². The van der Waals surface area contributed by atoms with Crippen molar-refractivity contribution in [1.29, 1.82) is 21.0 Å². The zero-order chi connectivity index (χ0) is 31.9. The summed E-state index contributed by atoms with van der Waals surface area (Å²) >= 11 is 0. The first-order valence-electron chi connectivity index (χ1n) is 11.8. The Morgan fingerprint density at radius 1 is 0.636 bits per heavy atom. The number of benzene rings is 1. The highest BCUT2D eigenvalue weighted by Gasteiger charge is 2.40. The zero-order valence-electron chi connectivity index (χ0n) is 21.4. The van der Waals surface area contributed by atoms with Crippen LogP contribution in [0.4, 0.5) is 17.6 Å². The summed E-state index contributed by atoms with van der Waals surface area (Å²) < 4.78 is 56.9. The van der Waals surface area contributed by atoms with E-state index in [4.69, 9.17) is 19.7 Å². The number of aromatic nitrogens is 2. The quantitative estimate of drug-likeness (QED) is 0.148. The van der Waals surface area contributed by atoms with Gasteiger partial charge in [0, 0.05) is 28.8 Å². The fourth-order valence-corrected chi connectivity index (χ4v) is 5.23. The lowest BCUT2D eigenvalue weighted by Crippen LogP contribution is -1.99. The van der Waals surface area contributed by atoms with Gasteiger partial charge in [-0.25, -0.2) is 25.1 Å². The molecular formula is C31H5F4N9. The van der Waals surface area contributed by atoms with Gasteiger partial charge in [0.2, 0.25) is 29.5 Å². The number of nitriles is 4. The number of hydrogen-bond donors (Lipinski definition) is 0. The Balaban J connectivity index is 2.05. The molecule has 9 nitrogen and oxygen atoms in total. The molecule has 0 unspecified atom stereocenters. The van der Waals surface area contributed by atoms with Crippen molar-refractivity contribution in [2.75, 3.05) is 0 Å². The van der Waals surface area contributed by atoms with E-state index in [1.54, 1.807) is 12.1 Å². The van der Waals surface area contributed by atoms with Crippen molar-refractivity contribution >= 4 is 33.6 Å². The Kier molecular flexibility index (Phi) is 6.76. The van der Waals surface area contributed by atoms with E-state index in [2.05, 4.69) is 24.5 Å². The van der Waals surface area contributed by atoms with Crippen LogP contribution in [0.2, 0.25) is 0 Å². The molecule has 0 fully saturated rings. The molecular weight excluding hydrogens is 574 g/mol. The van der Waals surface area contributed by atoms with Crippen LogP contribution >= 0.6 is 0 Å². The van der Waals surface area contributed by atoms with Crippen molar-refractivity contribution < 1.29 is 17.6 Å². The van der Waals surface area contributed by atoms with E-state index in [0.29, 0.717) is 0 Å². The molecule has 2 aromatic heterocycles. The summed E-state index contributed by atoms with van der Waals surface area (Å²) in [4.78, 5) is 15.9. The zero-order valence-corrected chi connectivity index (χ0v) is 21.4. The lowest BCUT2D eigenvalue weighted by Gasteiger charge is -2.14. The molecule has 2 heterocycles. The van der Waals surface area contributed by atoms with Gasteiger partial charge in [-0.05, 0) is 57.2 Å². The van der Waals surface area contributed by atoms with Gasteiger partial charge in [0.05, 0.1) is 49.1 Å². The van der Waals surface area contributed by atoms with Crippen molar-refractivity contribution in [2.24, 2.45) is 0 Å². The van der Waals surface area contributed by atoms with Gasteiger partial charge in [-0.2, -0.15) is 38.1 Å². The van der Waals surface area contributed by atoms with Crippen molar-refractivity contribution in [3.05, 3.63) is 139 Å². The maximum absolute atomic E-state index is 14.2. The maximum Gasteiger partial charge on any atom is 0.270 e. The molecule has 1 aromatic carbocycles. The summed E-state index contributed by atoms with van der Waals surface area (Å²) in [5.41, 5.74) is -4.85. The van der Waals surface area contributed by atoms with Gasteiger partial charge in [-0.1, -0.05) is 0 Å². The molecule has 202 valence electrons. The molecule has 0 spiro atoms. The van der Waals surface area contributed by atoms with Crippen LogP contribution in [0, 0.1) is 88.8 Å². The molecule has 2 aliphatic carbocycles. The van der Waals surface area contributed by atoms with Gasteiger partial charge in [0.25, 0.3) is 11.4 Å². The Morgan fingerprint density at radius 3 is 1.50 bits per heavy atom. The van der Waals surface area contributed by atoms with Crippen LogP contribution < -0.4 is 0 Å². The number of pyridine rings is 2. The molecule has 0 amide bonds. The summed E-state index contributed by atoms with van der Waals surface area (Å²) in [5, 5.41) is 40.3. The number of halogens is 4. The average molecular weight is 579 g/mol. The third-order valence-corrected chi connectivity index (χ3v) is 6.69. The molecule has 5 rings (SSSR count). The molecule has 0 atom stereocenters. The summed E-state index contributed by atoms with van der Waals surface area (Å²) in [6, 6.07) is 11.3. The van der Waals surface area contributed by atoms with Gasteiger partial charge in [0.15, 0.2) is 0 Å². The minimum Gasteiger partial charge on any atom is -0.237 e. The van der Waals surface area contributed by atoms with Gasteiger partial charge < -0.3 is 0 Å². The Hall–Kier alpha value is -7.37. The van der Waals surface area contributed by atoms with E-state index in [9.17, 15) is 38.6 Å². The predicted octanol–water partition coefficient (Wildman–Crippen LogP) is 6.46. The van der Waals surface area contributed by atoms with Crippen LogP contribution in [-0.2, 0) is 0 Å². The molecule has 0 radical (unpaired) electrons. The highest BCUT2D eigenvalue weighted by molar-refractivity contribution is 6.30. The van der Waals surface area contributed by atoms with Crippen LogP contribution in [0.5, 0.6) is 0 Å². The van der Waals surface area contributed by atoms with E-state index in [0.717, 1.165) is 24.3 Å². The molecule has 0 N–H and O–H groups in total. The van der Waals surface area contributed by atoms with Crippen LogP contribution in [0.15, 0.2) is 41.7 Å². The van der Waals surface area contributed by atoms with Crippen LogP contribution in [0.1, 0.15) is 38.9 Å². The Labute approximate surface area is 245 Å². The maximum atomic E-state index is 14.2.